The van der Waals surface area contributed by atoms with Gasteiger partial charge in [0.25, 0.3) is 0 Å². The van der Waals surface area contributed by atoms with Crippen LogP contribution in [0.5, 0.6) is 0 Å². The van der Waals surface area contributed by atoms with Crippen LogP contribution >= 0.6 is 0 Å². The lowest BCUT2D eigenvalue weighted by Crippen LogP contribution is -2.26. The van der Waals surface area contributed by atoms with Crippen molar-refractivity contribution in [1.82, 2.24) is 5.32 Å². The third-order valence-corrected chi connectivity index (χ3v) is 2.54. The van der Waals surface area contributed by atoms with Crippen molar-refractivity contribution in [3.05, 3.63) is 35.4 Å². The number of ether oxygens (including phenoxy) is 1. The van der Waals surface area contributed by atoms with E-state index in [2.05, 4.69) is 5.32 Å². The summed E-state index contributed by atoms with van der Waals surface area (Å²) in [6.45, 7) is 6.19. The molecule has 1 N–H and O–H groups in total. The molecule has 0 heterocycles. The van der Waals surface area contributed by atoms with E-state index in [1.54, 1.807) is 20.8 Å². The fourth-order valence-corrected chi connectivity index (χ4v) is 1.63. The molecule has 1 aromatic carbocycles. The number of carbonyl (C=O) groups excluding carboxylic acids is 1. The molecule has 0 aliphatic heterocycles. The van der Waals surface area contributed by atoms with E-state index in [4.69, 9.17) is 4.74 Å². The maximum absolute atomic E-state index is 12.4. The second-order valence-corrected chi connectivity index (χ2v) is 5.71. The van der Waals surface area contributed by atoms with Gasteiger partial charge >= 0.3 is 12.1 Å². The van der Waals surface area contributed by atoms with E-state index in [0.29, 0.717) is 13.1 Å². The molecule has 0 saturated carbocycles. The molecule has 0 aliphatic rings. The Morgan fingerprint density at radius 2 is 1.71 bits per heavy atom. The standard InChI is InChI=1S/C15H20F3NO2/c1-14(2,3)21-13(20)8-9-19-10-11-4-6-12(7-5-11)15(16,17)18/h4-7,19H,8-10H2,1-3H3. The Kier molecular flexibility index (Phi) is 5.78. The molecule has 21 heavy (non-hydrogen) atoms. The first-order chi connectivity index (χ1) is 9.58. The molecule has 0 aliphatic carbocycles. The highest BCUT2D eigenvalue weighted by atomic mass is 19.4. The van der Waals surface area contributed by atoms with E-state index in [9.17, 15) is 18.0 Å². The van der Waals surface area contributed by atoms with Gasteiger partial charge in [-0.3, -0.25) is 4.79 Å². The molecule has 1 aromatic rings. The van der Waals surface area contributed by atoms with Crippen molar-refractivity contribution < 1.29 is 22.7 Å². The maximum Gasteiger partial charge on any atom is 0.416 e. The second kappa shape index (κ2) is 6.93. The summed E-state index contributed by atoms with van der Waals surface area (Å²) >= 11 is 0. The normalized spacial score (nSPS) is 12.3. The zero-order chi connectivity index (χ0) is 16.1. The van der Waals surface area contributed by atoms with Gasteiger partial charge in [-0.1, -0.05) is 12.1 Å². The van der Waals surface area contributed by atoms with Crippen LogP contribution in [0.2, 0.25) is 0 Å². The highest BCUT2D eigenvalue weighted by Crippen LogP contribution is 2.28. The van der Waals surface area contributed by atoms with Gasteiger partial charge in [-0.05, 0) is 38.5 Å². The first-order valence-corrected chi connectivity index (χ1v) is 6.66. The van der Waals surface area contributed by atoms with E-state index >= 15 is 0 Å². The lowest BCUT2D eigenvalue weighted by atomic mass is 10.1. The van der Waals surface area contributed by atoms with Gasteiger partial charge in [0.1, 0.15) is 5.60 Å². The van der Waals surface area contributed by atoms with Gasteiger partial charge in [-0.2, -0.15) is 13.2 Å². The Morgan fingerprint density at radius 3 is 2.19 bits per heavy atom. The van der Waals surface area contributed by atoms with E-state index in [-0.39, 0.29) is 12.4 Å². The first-order valence-electron chi connectivity index (χ1n) is 6.66. The maximum atomic E-state index is 12.4. The van der Waals surface area contributed by atoms with Crippen LogP contribution in [-0.2, 0) is 22.3 Å². The smallest absolute Gasteiger partial charge is 0.416 e. The van der Waals surface area contributed by atoms with Crippen molar-refractivity contribution in [2.45, 2.75) is 45.5 Å². The SMILES string of the molecule is CC(C)(C)OC(=O)CCNCc1ccc(C(F)(F)F)cc1. The first kappa shape index (κ1) is 17.5. The molecule has 6 heteroatoms. The van der Waals surface area contributed by atoms with Crippen LogP contribution in [0.1, 0.15) is 38.3 Å². The van der Waals surface area contributed by atoms with Crippen LogP contribution in [0.4, 0.5) is 13.2 Å². The molecule has 0 unspecified atom stereocenters. The van der Waals surface area contributed by atoms with Gasteiger partial charge in [0.2, 0.25) is 0 Å². The number of alkyl halides is 3. The molecule has 0 aromatic heterocycles. The minimum Gasteiger partial charge on any atom is -0.460 e. The Labute approximate surface area is 122 Å². The van der Waals surface area contributed by atoms with E-state index in [1.807, 2.05) is 0 Å². The second-order valence-electron chi connectivity index (χ2n) is 5.71. The monoisotopic (exact) mass is 303 g/mol. The molecule has 0 fully saturated rings. The predicted octanol–water partition coefficient (Wildman–Crippen LogP) is 3.53. The zero-order valence-electron chi connectivity index (χ0n) is 12.4. The van der Waals surface area contributed by atoms with Crippen molar-refractivity contribution in [3.8, 4) is 0 Å². The zero-order valence-corrected chi connectivity index (χ0v) is 12.4. The lowest BCUT2D eigenvalue weighted by Gasteiger charge is -2.19. The van der Waals surface area contributed by atoms with Crippen molar-refractivity contribution in [3.63, 3.8) is 0 Å². The number of hydrogen-bond donors (Lipinski definition) is 1. The number of benzene rings is 1. The van der Waals surface area contributed by atoms with Crippen LogP contribution in [0.25, 0.3) is 0 Å². The minimum atomic E-state index is -4.32. The van der Waals surface area contributed by atoms with Gasteiger partial charge in [0.15, 0.2) is 0 Å². The van der Waals surface area contributed by atoms with Crippen LogP contribution in [0, 0.1) is 0 Å². The molecule has 0 bridgehead atoms. The summed E-state index contributed by atoms with van der Waals surface area (Å²) in [7, 11) is 0. The molecule has 0 saturated heterocycles. The van der Waals surface area contributed by atoms with Crippen molar-refractivity contribution in [2.75, 3.05) is 6.54 Å². The highest BCUT2D eigenvalue weighted by molar-refractivity contribution is 5.70. The lowest BCUT2D eigenvalue weighted by molar-refractivity contribution is -0.154. The van der Waals surface area contributed by atoms with E-state index in [1.165, 1.54) is 12.1 Å². The van der Waals surface area contributed by atoms with E-state index < -0.39 is 17.3 Å². The fraction of sp³-hybridized carbons (Fsp3) is 0.533. The quantitative estimate of drug-likeness (QED) is 0.668. The van der Waals surface area contributed by atoms with Gasteiger partial charge in [-0.25, -0.2) is 0 Å². The van der Waals surface area contributed by atoms with Crippen LogP contribution in [0.15, 0.2) is 24.3 Å². The molecule has 0 radical (unpaired) electrons. The number of nitrogens with one attached hydrogen (secondary N) is 1. The van der Waals surface area contributed by atoms with Crippen molar-refractivity contribution in [1.29, 1.82) is 0 Å². The molecule has 118 valence electrons. The predicted molar refractivity (Wildman–Crippen MR) is 73.6 cm³/mol. The summed E-state index contributed by atoms with van der Waals surface area (Å²) in [5, 5.41) is 2.99. The average molecular weight is 303 g/mol. The van der Waals surface area contributed by atoms with Crippen LogP contribution in [0.3, 0.4) is 0 Å². The number of halogens is 3. The number of esters is 1. The number of rotatable bonds is 5. The van der Waals surface area contributed by atoms with Crippen molar-refractivity contribution >= 4 is 5.97 Å². The average Bonchev–Trinajstić information content (AvgIpc) is 2.32. The molecular formula is C15H20F3NO2. The highest BCUT2D eigenvalue weighted by Gasteiger charge is 2.29. The fourth-order valence-electron chi connectivity index (χ4n) is 1.63. The summed E-state index contributed by atoms with van der Waals surface area (Å²) in [4.78, 5) is 11.4. The Balaban J connectivity index is 2.32. The summed E-state index contributed by atoms with van der Waals surface area (Å²) in [6.07, 6.45) is -4.10. The summed E-state index contributed by atoms with van der Waals surface area (Å²) in [5.74, 6) is -0.303. The van der Waals surface area contributed by atoms with Crippen LogP contribution in [-0.4, -0.2) is 18.1 Å². The molecular weight excluding hydrogens is 283 g/mol. The van der Waals surface area contributed by atoms with Crippen LogP contribution < -0.4 is 5.32 Å². The van der Waals surface area contributed by atoms with Gasteiger partial charge < -0.3 is 10.1 Å². The third-order valence-electron chi connectivity index (χ3n) is 2.54. The third kappa shape index (κ3) is 7.13. The number of carbonyl (C=O) groups is 1. The molecule has 3 nitrogen and oxygen atoms in total. The molecule has 1 rings (SSSR count). The van der Waals surface area contributed by atoms with E-state index in [0.717, 1.165) is 17.7 Å². The molecule has 0 spiro atoms. The molecule has 0 amide bonds. The number of hydrogen-bond acceptors (Lipinski definition) is 3. The minimum absolute atomic E-state index is 0.220. The summed E-state index contributed by atoms with van der Waals surface area (Å²) in [6, 6.07) is 4.93. The summed E-state index contributed by atoms with van der Waals surface area (Å²) in [5.41, 5.74) is -0.447. The van der Waals surface area contributed by atoms with Gasteiger partial charge in [0, 0.05) is 13.1 Å². The van der Waals surface area contributed by atoms with Crippen molar-refractivity contribution in [2.24, 2.45) is 0 Å². The Hall–Kier alpha value is -1.56. The van der Waals surface area contributed by atoms with Gasteiger partial charge in [-0.15, -0.1) is 0 Å². The summed E-state index contributed by atoms with van der Waals surface area (Å²) < 4.78 is 42.3. The largest absolute Gasteiger partial charge is 0.460 e. The Morgan fingerprint density at radius 1 is 1.14 bits per heavy atom. The Bertz CT molecular complexity index is 461. The molecule has 0 atom stereocenters. The van der Waals surface area contributed by atoms with Gasteiger partial charge in [0.05, 0.1) is 12.0 Å². The topological polar surface area (TPSA) is 38.3 Å².